The molecule has 0 spiro atoms. The van der Waals surface area contributed by atoms with Gasteiger partial charge in [0.15, 0.2) is 5.78 Å². The van der Waals surface area contributed by atoms with Crippen molar-refractivity contribution >= 4 is 16.7 Å². The number of hydrogen-bond donors (Lipinski definition) is 0. The van der Waals surface area contributed by atoms with Crippen LogP contribution in [0.4, 0.5) is 0 Å². The first-order valence-corrected chi connectivity index (χ1v) is 7.80. The van der Waals surface area contributed by atoms with E-state index in [1.165, 1.54) is 12.8 Å². The molecule has 2 aromatic rings. The molecule has 0 bridgehead atoms. The fourth-order valence-electron chi connectivity index (χ4n) is 3.26. The highest BCUT2D eigenvalue weighted by Crippen LogP contribution is 2.29. The molecule has 1 fully saturated rings. The van der Waals surface area contributed by atoms with Crippen LogP contribution in [-0.2, 0) is 0 Å². The fourth-order valence-corrected chi connectivity index (χ4v) is 3.26. The van der Waals surface area contributed by atoms with Crippen LogP contribution in [0, 0.1) is 0 Å². The van der Waals surface area contributed by atoms with Gasteiger partial charge in [0.25, 0.3) is 0 Å². The van der Waals surface area contributed by atoms with Gasteiger partial charge in [-0.25, -0.2) is 0 Å². The van der Waals surface area contributed by atoms with Crippen LogP contribution in [0.2, 0.25) is 0 Å². The summed E-state index contributed by atoms with van der Waals surface area (Å²) in [4.78, 5) is 19.8. The molecule has 1 aliphatic heterocycles. The van der Waals surface area contributed by atoms with E-state index < -0.39 is 0 Å². The Morgan fingerprint density at radius 3 is 2.76 bits per heavy atom. The van der Waals surface area contributed by atoms with Gasteiger partial charge >= 0.3 is 0 Å². The van der Waals surface area contributed by atoms with E-state index in [-0.39, 0.29) is 11.3 Å². The van der Waals surface area contributed by atoms with Crippen LogP contribution in [0.15, 0.2) is 36.5 Å². The minimum absolute atomic E-state index is 0.222. The molecule has 1 aliphatic rings. The lowest BCUT2D eigenvalue weighted by atomic mass is 9.86. The number of ketones is 1. The number of rotatable bonds is 4. The lowest BCUT2D eigenvalue weighted by molar-refractivity contribution is 0.0648. The van der Waals surface area contributed by atoms with E-state index in [9.17, 15) is 4.79 Å². The van der Waals surface area contributed by atoms with Gasteiger partial charge in [-0.3, -0.25) is 14.7 Å². The third-order valence-electron chi connectivity index (χ3n) is 4.85. The summed E-state index contributed by atoms with van der Waals surface area (Å²) in [6, 6.07) is 9.81. The minimum Gasteiger partial charge on any atom is -0.292 e. The van der Waals surface area contributed by atoms with Gasteiger partial charge in [0, 0.05) is 17.1 Å². The maximum atomic E-state index is 13.1. The SMILES string of the molecule is CCC(C)(C(=O)c1ccc2cccnc2c1)N1CCCC1. The minimum atomic E-state index is -0.390. The highest BCUT2D eigenvalue weighted by atomic mass is 16.1. The van der Waals surface area contributed by atoms with Gasteiger partial charge in [-0.1, -0.05) is 25.1 Å². The van der Waals surface area contributed by atoms with Crippen molar-refractivity contribution in [2.24, 2.45) is 0 Å². The van der Waals surface area contributed by atoms with E-state index in [1.807, 2.05) is 30.3 Å². The smallest absolute Gasteiger partial charge is 0.182 e. The van der Waals surface area contributed by atoms with Crippen molar-refractivity contribution in [2.45, 2.75) is 38.6 Å². The van der Waals surface area contributed by atoms with Crippen LogP contribution < -0.4 is 0 Å². The predicted molar refractivity (Wildman–Crippen MR) is 85.6 cm³/mol. The lowest BCUT2D eigenvalue weighted by Crippen LogP contribution is -2.50. The molecule has 0 saturated carbocycles. The van der Waals surface area contributed by atoms with Gasteiger partial charge in [-0.15, -0.1) is 0 Å². The standard InChI is InChI=1S/C18H22N2O/c1-3-18(2,20-11-4-5-12-20)17(21)15-9-8-14-7-6-10-19-16(14)13-15/h6-10,13H,3-5,11-12H2,1-2H3. The van der Waals surface area contributed by atoms with Gasteiger partial charge in [0.1, 0.15) is 0 Å². The van der Waals surface area contributed by atoms with Gasteiger partial charge in [-0.2, -0.15) is 0 Å². The third-order valence-corrected chi connectivity index (χ3v) is 4.85. The largest absolute Gasteiger partial charge is 0.292 e. The van der Waals surface area contributed by atoms with Crippen LogP contribution >= 0.6 is 0 Å². The van der Waals surface area contributed by atoms with E-state index in [2.05, 4.69) is 23.7 Å². The van der Waals surface area contributed by atoms with Crippen LogP contribution in [0.25, 0.3) is 10.9 Å². The van der Waals surface area contributed by atoms with Crippen molar-refractivity contribution < 1.29 is 4.79 Å². The quantitative estimate of drug-likeness (QED) is 0.802. The molecule has 1 aromatic heterocycles. The topological polar surface area (TPSA) is 33.2 Å². The molecular weight excluding hydrogens is 260 g/mol. The molecule has 110 valence electrons. The Labute approximate surface area is 126 Å². The second kappa shape index (κ2) is 5.57. The molecule has 0 amide bonds. The Bertz CT molecular complexity index is 661. The molecule has 21 heavy (non-hydrogen) atoms. The lowest BCUT2D eigenvalue weighted by Gasteiger charge is -2.36. The van der Waals surface area contributed by atoms with Gasteiger partial charge in [0.2, 0.25) is 0 Å². The zero-order chi connectivity index (χ0) is 14.9. The summed E-state index contributed by atoms with van der Waals surface area (Å²) < 4.78 is 0. The highest BCUT2D eigenvalue weighted by Gasteiger charge is 2.39. The van der Waals surface area contributed by atoms with Crippen molar-refractivity contribution in [1.29, 1.82) is 0 Å². The number of pyridine rings is 1. The maximum absolute atomic E-state index is 13.1. The second-order valence-electron chi connectivity index (χ2n) is 6.06. The number of carbonyl (C=O) groups excluding carboxylic acids is 1. The Morgan fingerprint density at radius 2 is 2.05 bits per heavy atom. The van der Waals surface area contributed by atoms with Crippen molar-refractivity contribution in [1.82, 2.24) is 9.88 Å². The summed E-state index contributed by atoms with van der Waals surface area (Å²) in [6.45, 7) is 6.25. The van der Waals surface area contributed by atoms with Crippen LogP contribution in [0.5, 0.6) is 0 Å². The summed E-state index contributed by atoms with van der Waals surface area (Å²) in [5.41, 5.74) is 1.28. The monoisotopic (exact) mass is 282 g/mol. The molecule has 3 heteroatoms. The molecule has 2 heterocycles. The number of hydrogen-bond acceptors (Lipinski definition) is 3. The van der Waals surface area contributed by atoms with E-state index in [4.69, 9.17) is 0 Å². The molecule has 0 radical (unpaired) electrons. The van der Waals surface area contributed by atoms with E-state index in [0.717, 1.165) is 36.0 Å². The molecule has 1 unspecified atom stereocenters. The molecular formula is C18H22N2O. The predicted octanol–water partition coefficient (Wildman–Crippen LogP) is 3.68. The molecule has 3 nitrogen and oxygen atoms in total. The van der Waals surface area contributed by atoms with E-state index >= 15 is 0 Å². The van der Waals surface area contributed by atoms with Gasteiger partial charge < -0.3 is 0 Å². The van der Waals surface area contributed by atoms with Crippen LogP contribution in [0.3, 0.4) is 0 Å². The molecule has 0 aliphatic carbocycles. The average Bonchev–Trinajstić information content (AvgIpc) is 3.08. The third kappa shape index (κ3) is 2.46. The fraction of sp³-hybridized carbons (Fsp3) is 0.444. The zero-order valence-electron chi connectivity index (χ0n) is 12.8. The maximum Gasteiger partial charge on any atom is 0.182 e. The van der Waals surface area contributed by atoms with Crippen molar-refractivity contribution in [3.63, 3.8) is 0 Å². The summed E-state index contributed by atoms with van der Waals surface area (Å²) in [6.07, 6.45) is 5.01. The van der Waals surface area contributed by atoms with Crippen LogP contribution in [-0.4, -0.2) is 34.3 Å². The highest BCUT2D eigenvalue weighted by molar-refractivity contribution is 6.05. The first-order valence-electron chi connectivity index (χ1n) is 7.80. The summed E-state index contributed by atoms with van der Waals surface area (Å²) in [5.74, 6) is 0.222. The zero-order valence-corrected chi connectivity index (χ0v) is 12.8. The van der Waals surface area contributed by atoms with Crippen molar-refractivity contribution in [3.05, 3.63) is 42.1 Å². The molecule has 1 saturated heterocycles. The first-order chi connectivity index (χ1) is 10.1. The Morgan fingerprint density at radius 1 is 1.29 bits per heavy atom. The summed E-state index contributed by atoms with van der Waals surface area (Å²) in [5, 5.41) is 1.08. The van der Waals surface area contributed by atoms with E-state index in [0.29, 0.717) is 0 Å². The number of fused-ring (bicyclic) bond motifs is 1. The van der Waals surface area contributed by atoms with Gasteiger partial charge in [-0.05, 0) is 51.4 Å². The Hall–Kier alpha value is -1.74. The molecule has 1 aromatic carbocycles. The van der Waals surface area contributed by atoms with E-state index in [1.54, 1.807) is 6.20 Å². The molecule has 0 N–H and O–H groups in total. The summed E-state index contributed by atoms with van der Waals surface area (Å²) >= 11 is 0. The number of likely N-dealkylation sites (tertiary alicyclic amines) is 1. The normalized spacial score (nSPS) is 18.8. The average molecular weight is 282 g/mol. The number of nitrogens with zero attached hydrogens (tertiary/aromatic N) is 2. The Balaban J connectivity index is 1.97. The molecule has 3 rings (SSSR count). The van der Waals surface area contributed by atoms with Gasteiger partial charge in [0.05, 0.1) is 11.1 Å². The van der Waals surface area contributed by atoms with Crippen molar-refractivity contribution in [3.8, 4) is 0 Å². The number of Topliss-reactive ketones (excluding diaryl/α,β-unsaturated/α-hetero) is 1. The first kappa shape index (κ1) is 14.2. The van der Waals surface area contributed by atoms with Crippen molar-refractivity contribution in [2.75, 3.05) is 13.1 Å². The molecule has 1 atom stereocenters. The second-order valence-corrected chi connectivity index (χ2v) is 6.06. The number of aromatic nitrogens is 1. The Kier molecular flexibility index (Phi) is 3.77. The number of benzene rings is 1. The number of carbonyl (C=O) groups is 1. The summed E-state index contributed by atoms with van der Waals surface area (Å²) in [7, 11) is 0. The van der Waals surface area contributed by atoms with Crippen LogP contribution in [0.1, 0.15) is 43.5 Å².